The number of carbonyl (C=O) groups excluding carboxylic acids is 1. The predicted octanol–water partition coefficient (Wildman–Crippen LogP) is 2.74. The zero-order valence-electron chi connectivity index (χ0n) is 15.7. The molecule has 1 N–H and O–H groups in total. The number of halogens is 1. The molecular weight excluding hydrogens is 404 g/mol. The molecule has 9 heteroatoms. The van der Waals surface area contributed by atoms with Crippen LogP contribution in [0.1, 0.15) is 19.4 Å². The maximum Gasteiger partial charge on any atom is 0.243 e. The van der Waals surface area contributed by atoms with E-state index in [0.29, 0.717) is 16.5 Å². The Morgan fingerprint density at radius 1 is 1.14 bits per heavy atom. The average molecular weight is 425 g/mol. The van der Waals surface area contributed by atoms with Gasteiger partial charge in [-0.2, -0.15) is 4.31 Å². The Morgan fingerprint density at radius 2 is 1.79 bits per heavy atom. The third-order valence-electron chi connectivity index (χ3n) is 4.43. The van der Waals surface area contributed by atoms with Crippen molar-refractivity contribution in [2.45, 2.75) is 24.3 Å². The molecular formula is C19H21ClN2O5S. The largest absolute Gasteiger partial charge is 0.454 e. The van der Waals surface area contributed by atoms with Crippen molar-refractivity contribution in [3.63, 3.8) is 0 Å². The molecule has 2 aromatic carbocycles. The Balaban J connectivity index is 1.69. The van der Waals surface area contributed by atoms with E-state index >= 15 is 0 Å². The SMILES string of the molecule is CN(CC(=O)NC(C)(C)c1ccc2c(c1)OCO2)S(=O)(=O)c1ccc(Cl)cc1. The summed E-state index contributed by atoms with van der Waals surface area (Å²) in [4.78, 5) is 12.6. The van der Waals surface area contributed by atoms with Gasteiger partial charge in [-0.15, -0.1) is 0 Å². The second-order valence-corrected chi connectivity index (χ2v) is 9.44. The summed E-state index contributed by atoms with van der Waals surface area (Å²) in [5.41, 5.74) is 0.0801. The highest BCUT2D eigenvalue weighted by atomic mass is 35.5. The van der Waals surface area contributed by atoms with Gasteiger partial charge in [0.2, 0.25) is 22.7 Å². The van der Waals surface area contributed by atoms with Gasteiger partial charge in [-0.1, -0.05) is 17.7 Å². The number of nitrogens with one attached hydrogen (secondary N) is 1. The van der Waals surface area contributed by atoms with E-state index in [4.69, 9.17) is 21.1 Å². The number of amides is 1. The van der Waals surface area contributed by atoms with Gasteiger partial charge in [-0.25, -0.2) is 8.42 Å². The smallest absolute Gasteiger partial charge is 0.243 e. The summed E-state index contributed by atoms with van der Waals surface area (Å²) >= 11 is 5.80. The van der Waals surface area contributed by atoms with Gasteiger partial charge in [0.15, 0.2) is 11.5 Å². The minimum absolute atomic E-state index is 0.0715. The van der Waals surface area contributed by atoms with E-state index in [9.17, 15) is 13.2 Å². The summed E-state index contributed by atoms with van der Waals surface area (Å²) in [6.45, 7) is 3.50. The van der Waals surface area contributed by atoms with Gasteiger partial charge in [0.25, 0.3) is 0 Å². The molecule has 0 aliphatic carbocycles. The maximum absolute atomic E-state index is 12.6. The molecule has 2 aromatic rings. The fourth-order valence-electron chi connectivity index (χ4n) is 2.82. The third kappa shape index (κ3) is 4.24. The first kappa shape index (κ1) is 20.4. The first-order chi connectivity index (χ1) is 13.1. The minimum atomic E-state index is -3.80. The monoisotopic (exact) mass is 424 g/mol. The molecule has 0 fully saturated rings. The number of hydrogen-bond donors (Lipinski definition) is 1. The fourth-order valence-corrected chi connectivity index (χ4v) is 4.07. The molecule has 0 radical (unpaired) electrons. The number of rotatable bonds is 6. The number of nitrogens with zero attached hydrogens (tertiary/aromatic N) is 1. The summed E-state index contributed by atoms with van der Waals surface area (Å²) in [7, 11) is -2.44. The van der Waals surface area contributed by atoms with Crippen LogP contribution in [-0.4, -0.2) is 39.0 Å². The highest BCUT2D eigenvalue weighted by Gasteiger charge is 2.28. The second kappa shape index (κ2) is 7.62. The summed E-state index contributed by atoms with van der Waals surface area (Å²) in [6.07, 6.45) is 0. The molecule has 0 aromatic heterocycles. The van der Waals surface area contributed by atoms with Crippen LogP contribution in [0.5, 0.6) is 11.5 Å². The lowest BCUT2D eigenvalue weighted by molar-refractivity contribution is -0.122. The van der Waals surface area contributed by atoms with Crippen molar-refractivity contribution in [3.8, 4) is 11.5 Å². The fraction of sp³-hybridized carbons (Fsp3) is 0.316. The normalized spacial score (nSPS) is 13.6. The zero-order chi connectivity index (χ0) is 20.5. The number of sulfonamides is 1. The van der Waals surface area contributed by atoms with Gasteiger partial charge < -0.3 is 14.8 Å². The van der Waals surface area contributed by atoms with Gasteiger partial charge >= 0.3 is 0 Å². The molecule has 1 heterocycles. The number of fused-ring (bicyclic) bond motifs is 1. The van der Waals surface area contributed by atoms with Gasteiger partial charge in [-0.05, 0) is 55.8 Å². The van der Waals surface area contributed by atoms with Crippen molar-refractivity contribution in [1.29, 1.82) is 0 Å². The molecule has 28 heavy (non-hydrogen) atoms. The maximum atomic E-state index is 12.6. The minimum Gasteiger partial charge on any atom is -0.454 e. The van der Waals surface area contributed by atoms with E-state index in [2.05, 4.69) is 5.32 Å². The quantitative estimate of drug-likeness (QED) is 0.770. The molecule has 1 amide bonds. The van der Waals surface area contributed by atoms with Gasteiger partial charge in [-0.3, -0.25) is 4.79 Å². The van der Waals surface area contributed by atoms with E-state index < -0.39 is 21.5 Å². The standard InChI is InChI=1S/C19H21ClN2O5S/c1-19(2,13-4-9-16-17(10-13)27-12-26-16)21-18(23)11-22(3)28(24,25)15-7-5-14(20)6-8-15/h4-10H,11-12H2,1-3H3,(H,21,23). The van der Waals surface area contributed by atoms with Crippen molar-refractivity contribution in [1.82, 2.24) is 9.62 Å². The Bertz CT molecular complexity index is 990. The lowest BCUT2D eigenvalue weighted by Crippen LogP contribution is -2.46. The first-order valence-corrected chi connectivity index (χ1v) is 10.3. The highest BCUT2D eigenvalue weighted by Crippen LogP contribution is 2.35. The molecule has 0 saturated heterocycles. The van der Waals surface area contributed by atoms with Crippen molar-refractivity contribution >= 4 is 27.5 Å². The number of likely N-dealkylation sites (N-methyl/N-ethyl adjacent to an activating group) is 1. The van der Waals surface area contributed by atoms with Crippen LogP contribution < -0.4 is 14.8 Å². The van der Waals surface area contributed by atoms with E-state index in [1.165, 1.54) is 31.3 Å². The van der Waals surface area contributed by atoms with Crippen molar-refractivity contribution in [2.75, 3.05) is 20.4 Å². The van der Waals surface area contributed by atoms with E-state index in [1.807, 2.05) is 19.9 Å². The zero-order valence-corrected chi connectivity index (χ0v) is 17.3. The Kier molecular flexibility index (Phi) is 5.56. The highest BCUT2D eigenvalue weighted by molar-refractivity contribution is 7.89. The molecule has 3 rings (SSSR count). The van der Waals surface area contributed by atoms with E-state index in [1.54, 1.807) is 12.1 Å². The van der Waals surface area contributed by atoms with E-state index in [-0.39, 0.29) is 18.2 Å². The number of carbonyl (C=O) groups is 1. The molecule has 7 nitrogen and oxygen atoms in total. The average Bonchev–Trinajstić information content (AvgIpc) is 3.09. The summed E-state index contributed by atoms with van der Waals surface area (Å²) in [5.74, 6) is 0.838. The summed E-state index contributed by atoms with van der Waals surface area (Å²) in [6, 6.07) is 11.2. The number of benzene rings is 2. The van der Waals surface area contributed by atoms with Crippen LogP contribution in [0.2, 0.25) is 5.02 Å². The molecule has 0 atom stereocenters. The topological polar surface area (TPSA) is 84.9 Å². The van der Waals surface area contributed by atoms with Crippen LogP contribution in [-0.2, 0) is 20.4 Å². The van der Waals surface area contributed by atoms with Crippen LogP contribution in [0.3, 0.4) is 0 Å². The van der Waals surface area contributed by atoms with Crippen LogP contribution in [0, 0.1) is 0 Å². The van der Waals surface area contributed by atoms with Crippen LogP contribution in [0.25, 0.3) is 0 Å². The summed E-state index contributed by atoms with van der Waals surface area (Å²) < 4.78 is 36.9. The van der Waals surface area contributed by atoms with Crippen LogP contribution >= 0.6 is 11.6 Å². The van der Waals surface area contributed by atoms with Gasteiger partial charge in [0, 0.05) is 12.1 Å². The number of ether oxygens (including phenoxy) is 2. The second-order valence-electron chi connectivity index (χ2n) is 6.96. The van der Waals surface area contributed by atoms with Gasteiger partial charge in [0.05, 0.1) is 17.0 Å². The molecule has 0 spiro atoms. The number of hydrogen-bond acceptors (Lipinski definition) is 5. The Hall–Kier alpha value is -2.29. The lowest BCUT2D eigenvalue weighted by atomic mass is 9.94. The first-order valence-electron chi connectivity index (χ1n) is 8.53. The van der Waals surface area contributed by atoms with Crippen LogP contribution in [0.15, 0.2) is 47.4 Å². The van der Waals surface area contributed by atoms with Crippen molar-refractivity contribution in [3.05, 3.63) is 53.1 Å². The Morgan fingerprint density at radius 3 is 2.46 bits per heavy atom. The Labute approximate surface area is 169 Å². The predicted molar refractivity (Wildman–Crippen MR) is 105 cm³/mol. The van der Waals surface area contributed by atoms with Crippen molar-refractivity contribution < 1.29 is 22.7 Å². The molecule has 0 unspecified atom stereocenters. The van der Waals surface area contributed by atoms with E-state index in [0.717, 1.165) is 9.87 Å². The van der Waals surface area contributed by atoms with Crippen LogP contribution in [0.4, 0.5) is 0 Å². The molecule has 150 valence electrons. The van der Waals surface area contributed by atoms with Gasteiger partial charge in [0.1, 0.15) is 0 Å². The lowest BCUT2D eigenvalue weighted by Gasteiger charge is -2.28. The molecule has 0 bridgehead atoms. The molecule has 0 saturated carbocycles. The third-order valence-corrected chi connectivity index (χ3v) is 6.50. The summed E-state index contributed by atoms with van der Waals surface area (Å²) in [5, 5.41) is 3.30. The molecule has 1 aliphatic heterocycles. The molecule has 1 aliphatic rings. The van der Waals surface area contributed by atoms with Crippen molar-refractivity contribution in [2.24, 2.45) is 0 Å².